The summed E-state index contributed by atoms with van der Waals surface area (Å²) in [6.07, 6.45) is 0. The number of para-hydroxylation sites is 2. The minimum absolute atomic E-state index is 0.0393. The molecule has 0 radical (unpaired) electrons. The first-order valence-electron chi connectivity index (χ1n) is 8.65. The van der Waals surface area contributed by atoms with Gasteiger partial charge in [0, 0.05) is 11.5 Å². The number of aromatic nitrogens is 2. The summed E-state index contributed by atoms with van der Waals surface area (Å²) in [4.78, 5) is 28.8. The van der Waals surface area contributed by atoms with Crippen molar-refractivity contribution in [3.63, 3.8) is 0 Å². The highest BCUT2D eigenvalue weighted by atomic mass is 16.2. The van der Waals surface area contributed by atoms with Gasteiger partial charge in [-0.1, -0.05) is 32.9 Å². The van der Waals surface area contributed by atoms with Gasteiger partial charge in [0.15, 0.2) is 0 Å². The lowest BCUT2D eigenvalue weighted by Crippen LogP contribution is -2.42. The topological polar surface area (TPSA) is 76.0 Å². The highest BCUT2D eigenvalue weighted by Gasteiger charge is 2.23. The van der Waals surface area contributed by atoms with Gasteiger partial charge in [0.05, 0.1) is 23.6 Å². The van der Waals surface area contributed by atoms with Crippen LogP contribution in [-0.4, -0.2) is 27.9 Å². The molecule has 0 spiro atoms. The molecular formula is C19H28N4O2. The number of nitrogens with zero attached hydrogens (tertiary/aromatic N) is 2. The lowest BCUT2D eigenvalue weighted by Gasteiger charge is -2.20. The minimum Gasteiger partial charge on any atom is -0.347 e. The van der Waals surface area contributed by atoms with Gasteiger partial charge in [-0.2, -0.15) is 0 Å². The fourth-order valence-electron chi connectivity index (χ4n) is 2.69. The molecule has 1 atom stereocenters. The predicted molar refractivity (Wildman–Crippen MR) is 99.1 cm³/mol. The monoisotopic (exact) mass is 344 g/mol. The van der Waals surface area contributed by atoms with Gasteiger partial charge in [0.1, 0.15) is 5.82 Å². The summed E-state index contributed by atoms with van der Waals surface area (Å²) in [6, 6.07) is 7.91. The Morgan fingerprint density at radius 2 is 1.80 bits per heavy atom. The molecule has 1 aromatic carbocycles. The Hall–Kier alpha value is -2.37. The summed E-state index contributed by atoms with van der Waals surface area (Å²) in [5.41, 5.74) is 1.44. The second-order valence-corrected chi connectivity index (χ2v) is 7.64. The van der Waals surface area contributed by atoms with E-state index in [1.54, 1.807) is 0 Å². The van der Waals surface area contributed by atoms with Crippen LogP contribution in [0.15, 0.2) is 24.3 Å². The fourth-order valence-corrected chi connectivity index (χ4v) is 2.69. The molecule has 0 unspecified atom stereocenters. The van der Waals surface area contributed by atoms with Gasteiger partial charge in [-0.15, -0.1) is 0 Å². The summed E-state index contributed by atoms with van der Waals surface area (Å²) in [6.45, 7) is 11.5. The third-order valence-corrected chi connectivity index (χ3v) is 3.99. The molecule has 0 bridgehead atoms. The number of rotatable bonds is 5. The first-order valence-corrected chi connectivity index (χ1v) is 8.65. The maximum Gasteiger partial charge on any atom is 0.239 e. The van der Waals surface area contributed by atoms with E-state index >= 15 is 0 Å². The molecular weight excluding hydrogens is 316 g/mol. The molecule has 0 aliphatic heterocycles. The standard InChI is InChI=1S/C19H28N4O2/c1-12(2)23-15-10-8-7-9-14(15)22-17(23)13(3)21-16(24)11-20-18(25)19(4,5)6/h7-10,12-13H,11H2,1-6H3,(H,20,25)(H,21,24)/t13-/m1/s1. The highest BCUT2D eigenvalue weighted by Crippen LogP contribution is 2.24. The van der Waals surface area contributed by atoms with Crippen LogP contribution in [0.4, 0.5) is 0 Å². The zero-order valence-electron chi connectivity index (χ0n) is 15.9. The van der Waals surface area contributed by atoms with Crippen LogP contribution < -0.4 is 10.6 Å². The Morgan fingerprint density at radius 3 is 2.40 bits per heavy atom. The van der Waals surface area contributed by atoms with E-state index in [2.05, 4.69) is 34.0 Å². The number of carbonyl (C=O) groups is 2. The first kappa shape index (κ1) is 19.0. The van der Waals surface area contributed by atoms with Gasteiger partial charge in [-0.25, -0.2) is 4.98 Å². The van der Waals surface area contributed by atoms with Crippen molar-refractivity contribution in [2.24, 2.45) is 5.41 Å². The molecule has 2 N–H and O–H groups in total. The van der Waals surface area contributed by atoms with Crippen LogP contribution in [0.3, 0.4) is 0 Å². The van der Waals surface area contributed by atoms with E-state index in [9.17, 15) is 9.59 Å². The smallest absolute Gasteiger partial charge is 0.239 e. The van der Waals surface area contributed by atoms with Crippen LogP contribution in [0, 0.1) is 5.41 Å². The van der Waals surface area contributed by atoms with Gasteiger partial charge in [-0.3, -0.25) is 9.59 Å². The number of amides is 2. The Balaban J connectivity index is 2.12. The van der Waals surface area contributed by atoms with Crippen LogP contribution >= 0.6 is 0 Å². The van der Waals surface area contributed by atoms with Crippen molar-refractivity contribution in [3.05, 3.63) is 30.1 Å². The van der Waals surface area contributed by atoms with E-state index in [0.717, 1.165) is 16.9 Å². The van der Waals surface area contributed by atoms with Crippen LogP contribution in [0.1, 0.15) is 59.5 Å². The van der Waals surface area contributed by atoms with Crippen molar-refractivity contribution >= 4 is 22.8 Å². The number of fused-ring (bicyclic) bond motifs is 1. The molecule has 1 heterocycles. The number of hydrogen-bond acceptors (Lipinski definition) is 3. The number of benzene rings is 1. The van der Waals surface area contributed by atoms with E-state index in [1.807, 2.05) is 52.0 Å². The number of carbonyl (C=O) groups excluding carboxylic acids is 2. The molecule has 1 aromatic heterocycles. The van der Waals surface area contributed by atoms with E-state index in [0.29, 0.717) is 0 Å². The molecule has 136 valence electrons. The molecule has 6 heteroatoms. The molecule has 2 rings (SSSR count). The highest BCUT2D eigenvalue weighted by molar-refractivity contribution is 5.87. The molecule has 0 saturated carbocycles. The summed E-state index contributed by atoms with van der Waals surface area (Å²) < 4.78 is 2.13. The maximum atomic E-state index is 12.2. The predicted octanol–water partition coefficient (Wildman–Crippen LogP) is 2.96. The maximum absolute atomic E-state index is 12.2. The summed E-state index contributed by atoms with van der Waals surface area (Å²) in [5.74, 6) is 0.434. The Morgan fingerprint density at radius 1 is 1.16 bits per heavy atom. The van der Waals surface area contributed by atoms with Crippen molar-refractivity contribution in [1.29, 1.82) is 0 Å². The van der Waals surface area contributed by atoms with Crippen molar-refractivity contribution in [2.75, 3.05) is 6.54 Å². The van der Waals surface area contributed by atoms with Gasteiger partial charge in [-0.05, 0) is 32.9 Å². The third kappa shape index (κ3) is 4.38. The molecule has 2 aromatic rings. The number of hydrogen-bond donors (Lipinski definition) is 2. The van der Waals surface area contributed by atoms with Gasteiger partial charge >= 0.3 is 0 Å². The van der Waals surface area contributed by atoms with Crippen LogP contribution in [-0.2, 0) is 9.59 Å². The Kier molecular flexibility index (Phi) is 5.50. The normalized spacial score (nSPS) is 13.1. The number of imidazole rings is 1. The summed E-state index contributed by atoms with van der Waals surface area (Å²) in [5, 5.41) is 5.59. The summed E-state index contributed by atoms with van der Waals surface area (Å²) in [7, 11) is 0. The molecule has 2 amide bonds. The first-order chi connectivity index (χ1) is 11.6. The van der Waals surface area contributed by atoms with E-state index in [-0.39, 0.29) is 30.4 Å². The largest absolute Gasteiger partial charge is 0.347 e. The zero-order valence-corrected chi connectivity index (χ0v) is 15.9. The average molecular weight is 344 g/mol. The lowest BCUT2D eigenvalue weighted by atomic mass is 9.96. The van der Waals surface area contributed by atoms with E-state index in [4.69, 9.17) is 0 Å². The van der Waals surface area contributed by atoms with Gasteiger partial charge in [0.2, 0.25) is 11.8 Å². The van der Waals surface area contributed by atoms with Crippen LogP contribution in [0.5, 0.6) is 0 Å². The molecule has 0 aliphatic carbocycles. The average Bonchev–Trinajstić information content (AvgIpc) is 2.91. The Labute approximate surface area is 149 Å². The molecule has 0 fully saturated rings. The molecule has 0 aliphatic rings. The zero-order chi connectivity index (χ0) is 18.8. The van der Waals surface area contributed by atoms with E-state index < -0.39 is 5.41 Å². The molecule has 0 saturated heterocycles. The number of nitrogens with one attached hydrogen (secondary N) is 2. The van der Waals surface area contributed by atoms with Crippen LogP contribution in [0.25, 0.3) is 11.0 Å². The molecule has 25 heavy (non-hydrogen) atoms. The fraction of sp³-hybridized carbons (Fsp3) is 0.526. The second-order valence-electron chi connectivity index (χ2n) is 7.64. The SMILES string of the molecule is CC(C)n1c([C@@H](C)NC(=O)CNC(=O)C(C)(C)C)nc2ccccc21. The van der Waals surface area contributed by atoms with Crippen LogP contribution in [0.2, 0.25) is 0 Å². The molecule has 6 nitrogen and oxygen atoms in total. The minimum atomic E-state index is -0.516. The van der Waals surface area contributed by atoms with Crippen molar-refractivity contribution in [1.82, 2.24) is 20.2 Å². The van der Waals surface area contributed by atoms with E-state index in [1.165, 1.54) is 0 Å². The van der Waals surface area contributed by atoms with Crippen molar-refractivity contribution < 1.29 is 9.59 Å². The Bertz CT molecular complexity index is 771. The summed E-state index contributed by atoms with van der Waals surface area (Å²) >= 11 is 0. The lowest BCUT2D eigenvalue weighted by molar-refractivity contribution is -0.131. The van der Waals surface area contributed by atoms with Crippen molar-refractivity contribution in [3.8, 4) is 0 Å². The second kappa shape index (κ2) is 7.25. The van der Waals surface area contributed by atoms with Gasteiger partial charge in [0.25, 0.3) is 0 Å². The van der Waals surface area contributed by atoms with Crippen molar-refractivity contribution in [2.45, 2.75) is 53.6 Å². The third-order valence-electron chi connectivity index (χ3n) is 3.99. The quantitative estimate of drug-likeness (QED) is 0.875. The van der Waals surface area contributed by atoms with Gasteiger partial charge < -0.3 is 15.2 Å².